The van der Waals surface area contributed by atoms with Gasteiger partial charge in [-0.25, -0.2) is 0 Å². The molecule has 2 N–H and O–H groups in total. The van der Waals surface area contributed by atoms with Crippen molar-refractivity contribution in [2.75, 3.05) is 13.1 Å². The maximum Gasteiger partial charge on any atom is 0.242 e. The highest BCUT2D eigenvalue weighted by molar-refractivity contribution is 5.91. The largest absolute Gasteiger partial charge is 0.354 e. The van der Waals surface area contributed by atoms with E-state index in [-0.39, 0.29) is 34.9 Å². The lowest BCUT2D eigenvalue weighted by molar-refractivity contribution is -0.131. The van der Waals surface area contributed by atoms with E-state index in [1.54, 1.807) is 0 Å². The molecule has 0 aromatic heterocycles. The minimum atomic E-state index is -0.358. The molecule has 2 aliphatic rings. The molecule has 0 aliphatic carbocycles. The highest BCUT2D eigenvalue weighted by Gasteiger charge is 2.46. The van der Waals surface area contributed by atoms with Crippen LogP contribution in [0.5, 0.6) is 0 Å². The third-order valence-corrected chi connectivity index (χ3v) is 5.06. The van der Waals surface area contributed by atoms with Gasteiger partial charge in [-0.05, 0) is 44.9 Å². The van der Waals surface area contributed by atoms with Crippen LogP contribution in [0, 0.1) is 11.3 Å². The van der Waals surface area contributed by atoms with Crippen LogP contribution in [0.1, 0.15) is 54.4 Å². The molecule has 3 atom stereocenters. The standard InChI is InChI=1S/C17H31N3O2/c1-16(2,3)11-9-13(20(10-11)17(4,5)6)15(22)19-12-7-8-18-14(12)21/h11-13H,7-10H2,1-6H3,(H,18,21)(H,19,22)/t11?,12-,13+/m1/s1. The van der Waals surface area contributed by atoms with E-state index in [4.69, 9.17) is 0 Å². The van der Waals surface area contributed by atoms with Crippen LogP contribution in [0.3, 0.4) is 0 Å². The Morgan fingerprint density at radius 2 is 1.86 bits per heavy atom. The maximum absolute atomic E-state index is 12.7. The summed E-state index contributed by atoms with van der Waals surface area (Å²) in [6.07, 6.45) is 1.55. The SMILES string of the molecule is CC(C)(C)C1C[C@@H](C(=O)N[C@@H]2CCNC2=O)N(C(C)(C)C)C1. The Morgan fingerprint density at radius 3 is 2.32 bits per heavy atom. The summed E-state index contributed by atoms with van der Waals surface area (Å²) in [6.45, 7) is 14.8. The molecule has 2 saturated heterocycles. The highest BCUT2D eigenvalue weighted by atomic mass is 16.2. The Bertz CT molecular complexity index is 448. The smallest absolute Gasteiger partial charge is 0.242 e. The Kier molecular flexibility index (Phi) is 4.58. The second-order valence-corrected chi connectivity index (χ2v) is 8.78. The summed E-state index contributed by atoms with van der Waals surface area (Å²) in [5, 5.41) is 5.72. The van der Waals surface area contributed by atoms with Crippen molar-refractivity contribution in [1.29, 1.82) is 0 Å². The van der Waals surface area contributed by atoms with Crippen molar-refractivity contribution in [2.24, 2.45) is 11.3 Å². The van der Waals surface area contributed by atoms with Gasteiger partial charge in [0.1, 0.15) is 6.04 Å². The minimum Gasteiger partial charge on any atom is -0.354 e. The molecule has 0 spiro atoms. The van der Waals surface area contributed by atoms with E-state index in [1.165, 1.54) is 0 Å². The van der Waals surface area contributed by atoms with E-state index in [2.05, 4.69) is 57.1 Å². The molecular formula is C17H31N3O2. The lowest BCUT2D eigenvalue weighted by Gasteiger charge is -2.37. The predicted molar refractivity (Wildman–Crippen MR) is 87.4 cm³/mol. The van der Waals surface area contributed by atoms with E-state index >= 15 is 0 Å². The fourth-order valence-corrected chi connectivity index (χ4v) is 3.45. The topological polar surface area (TPSA) is 61.4 Å². The van der Waals surface area contributed by atoms with Crippen LogP contribution >= 0.6 is 0 Å². The zero-order chi connectivity index (χ0) is 16.7. The summed E-state index contributed by atoms with van der Waals surface area (Å²) in [6, 6.07) is -0.499. The molecule has 2 amide bonds. The third kappa shape index (κ3) is 3.62. The number of hydrogen-bond acceptors (Lipinski definition) is 3. The molecule has 0 bridgehead atoms. The molecule has 2 heterocycles. The second-order valence-electron chi connectivity index (χ2n) is 8.78. The first kappa shape index (κ1) is 17.3. The number of carbonyl (C=O) groups excluding carboxylic acids is 2. The Hall–Kier alpha value is -1.10. The molecule has 0 aromatic carbocycles. The van der Waals surface area contributed by atoms with Gasteiger partial charge in [-0.15, -0.1) is 0 Å². The molecule has 2 rings (SSSR count). The van der Waals surface area contributed by atoms with E-state index in [0.29, 0.717) is 18.9 Å². The van der Waals surface area contributed by atoms with Gasteiger partial charge in [0.25, 0.3) is 0 Å². The molecule has 0 radical (unpaired) electrons. The van der Waals surface area contributed by atoms with Gasteiger partial charge in [-0.1, -0.05) is 20.8 Å². The predicted octanol–water partition coefficient (Wildman–Crippen LogP) is 1.53. The van der Waals surface area contributed by atoms with Gasteiger partial charge in [0, 0.05) is 18.6 Å². The van der Waals surface area contributed by atoms with Crippen LogP contribution in [0.4, 0.5) is 0 Å². The quantitative estimate of drug-likeness (QED) is 0.813. The first-order valence-corrected chi connectivity index (χ1v) is 8.35. The number of hydrogen-bond donors (Lipinski definition) is 2. The Balaban J connectivity index is 2.11. The van der Waals surface area contributed by atoms with E-state index in [0.717, 1.165) is 13.0 Å². The van der Waals surface area contributed by atoms with Crippen molar-refractivity contribution in [3.63, 3.8) is 0 Å². The van der Waals surface area contributed by atoms with Crippen LogP contribution in [0.2, 0.25) is 0 Å². The van der Waals surface area contributed by atoms with Crippen LogP contribution in [-0.2, 0) is 9.59 Å². The van der Waals surface area contributed by atoms with Crippen LogP contribution < -0.4 is 10.6 Å². The van der Waals surface area contributed by atoms with Crippen molar-refractivity contribution < 1.29 is 9.59 Å². The van der Waals surface area contributed by atoms with Crippen LogP contribution in [-0.4, -0.2) is 47.4 Å². The summed E-state index contributed by atoms with van der Waals surface area (Å²) in [7, 11) is 0. The van der Waals surface area contributed by atoms with E-state index < -0.39 is 0 Å². The Labute approximate surface area is 134 Å². The first-order chi connectivity index (χ1) is 10.00. The van der Waals surface area contributed by atoms with Crippen molar-refractivity contribution >= 4 is 11.8 Å². The first-order valence-electron chi connectivity index (χ1n) is 8.35. The average molecular weight is 309 g/mol. The van der Waals surface area contributed by atoms with Gasteiger partial charge >= 0.3 is 0 Å². The summed E-state index contributed by atoms with van der Waals surface area (Å²) < 4.78 is 0. The van der Waals surface area contributed by atoms with Gasteiger partial charge in [-0.3, -0.25) is 14.5 Å². The highest BCUT2D eigenvalue weighted by Crippen LogP contribution is 2.39. The second kappa shape index (κ2) is 5.84. The Morgan fingerprint density at radius 1 is 1.23 bits per heavy atom. The molecule has 5 nitrogen and oxygen atoms in total. The average Bonchev–Trinajstić information content (AvgIpc) is 2.95. The molecular weight excluding hydrogens is 278 g/mol. The van der Waals surface area contributed by atoms with Gasteiger partial charge in [0.2, 0.25) is 11.8 Å². The van der Waals surface area contributed by atoms with Gasteiger partial charge in [0.05, 0.1) is 6.04 Å². The van der Waals surface area contributed by atoms with Crippen LogP contribution in [0.25, 0.3) is 0 Å². The van der Waals surface area contributed by atoms with Crippen molar-refractivity contribution in [1.82, 2.24) is 15.5 Å². The zero-order valence-corrected chi connectivity index (χ0v) is 14.8. The fraction of sp³-hybridized carbons (Fsp3) is 0.882. The molecule has 1 unspecified atom stereocenters. The number of rotatable bonds is 2. The number of amides is 2. The number of likely N-dealkylation sites (tertiary alicyclic amines) is 1. The molecule has 22 heavy (non-hydrogen) atoms. The maximum atomic E-state index is 12.7. The van der Waals surface area contributed by atoms with Crippen molar-refractivity contribution in [2.45, 2.75) is 72.0 Å². The molecule has 2 fully saturated rings. The number of nitrogens with one attached hydrogen (secondary N) is 2. The summed E-state index contributed by atoms with van der Waals surface area (Å²) in [5.74, 6) is 0.435. The third-order valence-electron chi connectivity index (χ3n) is 5.06. The van der Waals surface area contributed by atoms with Crippen LogP contribution in [0.15, 0.2) is 0 Å². The summed E-state index contributed by atoms with van der Waals surface area (Å²) in [5.41, 5.74) is 0.128. The van der Waals surface area contributed by atoms with Gasteiger partial charge < -0.3 is 10.6 Å². The lowest BCUT2D eigenvalue weighted by atomic mass is 9.79. The van der Waals surface area contributed by atoms with Gasteiger partial charge in [-0.2, -0.15) is 0 Å². The zero-order valence-electron chi connectivity index (χ0n) is 14.8. The van der Waals surface area contributed by atoms with E-state index in [1.807, 2.05) is 0 Å². The van der Waals surface area contributed by atoms with Gasteiger partial charge in [0.15, 0.2) is 0 Å². The summed E-state index contributed by atoms with van der Waals surface area (Å²) in [4.78, 5) is 26.7. The minimum absolute atomic E-state index is 0.00345. The fourth-order valence-electron chi connectivity index (χ4n) is 3.45. The summed E-state index contributed by atoms with van der Waals surface area (Å²) >= 11 is 0. The molecule has 5 heteroatoms. The van der Waals surface area contributed by atoms with E-state index in [9.17, 15) is 9.59 Å². The normalized spacial score (nSPS) is 30.5. The molecule has 2 aliphatic heterocycles. The number of nitrogens with zero attached hydrogens (tertiary/aromatic N) is 1. The molecule has 0 saturated carbocycles. The number of carbonyl (C=O) groups is 2. The monoisotopic (exact) mass is 309 g/mol. The lowest BCUT2D eigenvalue weighted by Crippen LogP contribution is -2.53. The van der Waals surface area contributed by atoms with Crippen molar-refractivity contribution in [3.05, 3.63) is 0 Å². The van der Waals surface area contributed by atoms with Crippen molar-refractivity contribution in [3.8, 4) is 0 Å². The molecule has 126 valence electrons. The molecule has 0 aromatic rings.